The molecule has 1 unspecified atom stereocenters. The number of ether oxygens (including phenoxy) is 1. The smallest absolute Gasteiger partial charge is 0.308 e. The normalized spacial score (nSPS) is 28.0. The van der Waals surface area contributed by atoms with Crippen molar-refractivity contribution in [2.24, 2.45) is 23.7 Å². The van der Waals surface area contributed by atoms with Crippen LogP contribution in [0, 0.1) is 23.7 Å². The molecule has 5 heteroatoms. The topological polar surface area (TPSA) is 75.6 Å². The number of hydrogen-bond acceptors (Lipinski definition) is 3. The summed E-state index contributed by atoms with van der Waals surface area (Å²) in [5, 5.41) is 12.3. The fourth-order valence-corrected chi connectivity index (χ4v) is 3.76. The van der Waals surface area contributed by atoms with E-state index in [1.807, 2.05) is 0 Å². The van der Waals surface area contributed by atoms with Crippen molar-refractivity contribution in [1.29, 1.82) is 0 Å². The second kappa shape index (κ2) is 8.51. The summed E-state index contributed by atoms with van der Waals surface area (Å²) in [6.07, 6.45) is 6.87. The van der Waals surface area contributed by atoms with Gasteiger partial charge in [0, 0.05) is 25.7 Å². The molecule has 0 radical (unpaired) electrons. The molecule has 1 heterocycles. The Morgan fingerprint density at radius 2 is 1.77 bits per heavy atom. The summed E-state index contributed by atoms with van der Waals surface area (Å²) in [4.78, 5) is 23.8. The fraction of sp³-hybridized carbons (Fsp3) is 0.882. The number of aliphatic carboxylic acids is 1. The molecule has 1 saturated heterocycles. The number of rotatable bonds is 6. The van der Waals surface area contributed by atoms with Gasteiger partial charge in [-0.2, -0.15) is 0 Å². The molecule has 1 aliphatic carbocycles. The first-order valence-corrected chi connectivity index (χ1v) is 8.70. The van der Waals surface area contributed by atoms with Crippen molar-refractivity contribution >= 4 is 11.9 Å². The van der Waals surface area contributed by atoms with Crippen LogP contribution in [0.1, 0.15) is 51.9 Å². The second-order valence-corrected chi connectivity index (χ2v) is 6.77. The minimum Gasteiger partial charge on any atom is -0.481 e. The number of carboxylic acid groups (broad SMARTS) is 1. The minimum absolute atomic E-state index is 0.0489. The first-order chi connectivity index (χ1) is 10.6. The number of nitrogens with one attached hydrogen (secondary N) is 1. The molecule has 22 heavy (non-hydrogen) atoms. The van der Waals surface area contributed by atoms with E-state index in [2.05, 4.69) is 12.2 Å². The van der Waals surface area contributed by atoms with Crippen LogP contribution in [0.2, 0.25) is 0 Å². The molecule has 1 saturated carbocycles. The lowest BCUT2D eigenvalue weighted by Crippen LogP contribution is -2.41. The minimum atomic E-state index is -0.804. The van der Waals surface area contributed by atoms with E-state index in [4.69, 9.17) is 4.74 Å². The SMILES string of the molecule is CCC1CCC(C(=O)NCC(C(=O)O)C2CCOCC2)CC1. The largest absolute Gasteiger partial charge is 0.481 e. The van der Waals surface area contributed by atoms with E-state index in [1.165, 1.54) is 6.42 Å². The Morgan fingerprint density at radius 1 is 1.14 bits per heavy atom. The van der Waals surface area contributed by atoms with Crippen molar-refractivity contribution in [3.8, 4) is 0 Å². The number of carbonyl (C=O) groups is 2. The van der Waals surface area contributed by atoms with Gasteiger partial charge >= 0.3 is 5.97 Å². The van der Waals surface area contributed by atoms with E-state index in [0.717, 1.165) is 44.4 Å². The molecule has 126 valence electrons. The van der Waals surface area contributed by atoms with E-state index in [-0.39, 0.29) is 24.3 Å². The second-order valence-electron chi connectivity index (χ2n) is 6.77. The number of carboxylic acids is 1. The van der Waals surface area contributed by atoms with Crippen LogP contribution in [-0.4, -0.2) is 36.7 Å². The van der Waals surface area contributed by atoms with Crippen LogP contribution >= 0.6 is 0 Å². The fourth-order valence-electron chi connectivity index (χ4n) is 3.76. The summed E-state index contributed by atoms with van der Waals surface area (Å²) < 4.78 is 5.29. The number of carbonyl (C=O) groups excluding carboxylic acids is 1. The molecule has 5 nitrogen and oxygen atoms in total. The first-order valence-electron chi connectivity index (χ1n) is 8.70. The summed E-state index contributed by atoms with van der Waals surface area (Å²) in [5.74, 6) is -0.290. The zero-order valence-corrected chi connectivity index (χ0v) is 13.6. The number of hydrogen-bond donors (Lipinski definition) is 2. The highest BCUT2D eigenvalue weighted by Gasteiger charge is 2.31. The van der Waals surface area contributed by atoms with Crippen LogP contribution in [0.25, 0.3) is 0 Å². The molecular formula is C17H29NO4. The Balaban J connectivity index is 1.79. The zero-order valence-electron chi connectivity index (χ0n) is 13.6. The molecule has 2 N–H and O–H groups in total. The molecule has 0 aromatic carbocycles. The first kappa shape index (κ1) is 17.3. The average Bonchev–Trinajstić information content (AvgIpc) is 2.55. The Morgan fingerprint density at radius 3 is 2.32 bits per heavy atom. The molecule has 2 rings (SSSR count). The third kappa shape index (κ3) is 4.70. The molecule has 2 aliphatic rings. The third-order valence-corrected chi connectivity index (χ3v) is 5.44. The van der Waals surface area contributed by atoms with Gasteiger partial charge in [0.15, 0.2) is 0 Å². The Bertz CT molecular complexity index is 371. The standard InChI is InChI=1S/C17H29NO4/c1-2-12-3-5-14(6-4-12)16(19)18-11-15(17(20)21)13-7-9-22-10-8-13/h12-15H,2-11H2,1H3,(H,18,19)(H,20,21). The molecule has 1 amide bonds. The van der Waals surface area contributed by atoms with E-state index in [9.17, 15) is 14.7 Å². The molecule has 1 aliphatic heterocycles. The van der Waals surface area contributed by atoms with Crippen LogP contribution in [0.15, 0.2) is 0 Å². The monoisotopic (exact) mass is 311 g/mol. The van der Waals surface area contributed by atoms with Gasteiger partial charge in [-0.3, -0.25) is 9.59 Å². The van der Waals surface area contributed by atoms with E-state index in [0.29, 0.717) is 13.2 Å². The highest BCUT2D eigenvalue weighted by atomic mass is 16.5. The molecular weight excluding hydrogens is 282 g/mol. The lowest BCUT2D eigenvalue weighted by atomic mass is 9.80. The molecule has 0 aromatic rings. The Hall–Kier alpha value is -1.10. The molecule has 0 bridgehead atoms. The quantitative estimate of drug-likeness (QED) is 0.790. The Kier molecular flexibility index (Phi) is 6.68. The molecule has 1 atom stereocenters. The van der Waals surface area contributed by atoms with Gasteiger partial charge in [-0.05, 0) is 50.4 Å². The van der Waals surface area contributed by atoms with Crippen LogP contribution in [0.5, 0.6) is 0 Å². The van der Waals surface area contributed by atoms with Crippen molar-refractivity contribution in [1.82, 2.24) is 5.32 Å². The summed E-state index contributed by atoms with van der Waals surface area (Å²) in [6.45, 7) is 3.72. The lowest BCUT2D eigenvalue weighted by molar-refractivity contribution is -0.145. The zero-order chi connectivity index (χ0) is 15.9. The van der Waals surface area contributed by atoms with Crippen molar-refractivity contribution in [3.63, 3.8) is 0 Å². The van der Waals surface area contributed by atoms with Crippen LogP contribution in [-0.2, 0) is 14.3 Å². The predicted octanol–water partition coefficient (Wildman–Crippen LogP) is 2.45. The molecule has 2 fully saturated rings. The maximum atomic E-state index is 12.3. The average molecular weight is 311 g/mol. The summed E-state index contributed by atoms with van der Waals surface area (Å²) >= 11 is 0. The lowest BCUT2D eigenvalue weighted by Gasteiger charge is -2.30. The maximum Gasteiger partial charge on any atom is 0.308 e. The van der Waals surface area contributed by atoms with Gasteiger partial charge in [0.1, 0.15) is 0 Å². The van der Waals surface area contributed by atoms with Crippen LogP contribution in [0.3, 0.4) is 0 Å². The molecule has 0 spiro atoms. The van der Waals surface area contributed by atoms with Gasteiger partial charge in [0.25, 0.3) is 0 Å². The highest BCUT2D eigenvalue weighted by molar-refractivity contribution is 5.79. The van der Waals surface area contributed by atoms with Gasteiger partial charge < -0.3 is 15.2 Å². The van der Waals surface area contributed by atoms with Gasteiger partial charge in [-0.15, -0.1) is 0 Å². The summed E-state index contributed by atoms with van der Waals surface area (Å²) in [6, 6.07) is 0. The highest BCUT2D eigenvalue weighted by Crippen LogP contribution is 2.31. The van der Waals surface area contributed by atoms with Gasteiger partial charge in [-0.25, -0.2) is 0 Å². The van der Waals surface area contributed by atoms with E-state index < -0.39 is 11.9 Å². The molecule has 0 aromatic heterocycles. The van der Waals surface area contributed by atoms with Gasteiger partial charge in [0.05, 0.1) is 5.92 Å². The van der Waals surface area contributed by atoms with E-state index >= 15 is 0 Å². The van der Waals surface area contributed by atoms with Crippen molar-refractivity contribution < 1.29 is 19.4 Å². The van der Waals surface area contributed by atoms with Crippen LogP contribution in [0.4, 0.5) is 0 Å². The van der Waals surface area contributed by atoms with E-state index in [1.54, 1.807) is 0 Å². The third-order valence-electron chi connectivity index (χ3n) is 5.44. The van der Waals surface area contributed by atoms with Gasteiger partial charge in [0.2, 0.25) is 5.91 Å². The Labute approximate surface area is 132 Å². The van der Waals surface area contributed by atoms with Crippen molar-refractivity contribution in [2.75, 3.05) is 19.8 Å². The van der Waals surface area contributed by atoms with Gasteiger partial charge in [-0.1, -0.05) is 13.3 Å². The predicted molar refractivity (Wildman–Crippen MR) is 83.4 cm³/mol. The van der Waals surface area contributed by atoms with Crippen molar-refractivity contribution in [2.45, 2.75) is 51.9 Å². The van der Waals surface area contributed by atoms with Crippen LogP contribution < -0.4 is 5.32 Å². The van der Waals surface area contributed by atoms with Crippen molar-refractivity contribution in [3.05, 3.63) is 0 Å². The maximum absolute atomic E-state index is 12.3. The summed E-state index contributed by atoms with van der Waals surface area (Å²) in [7, 11) is 0. The number of amides is 1. The summed E-state index contributed by atoms with van der Waals surface area (Å²) in [5.41, 5.74) is 0.